The summed E-state index contributed by atoms with van der Waals surface area (Å²) in [4.78, 5) is 5.92. The molecule has 1 aromatic heterocycles. The van der Waals surface area contributed by atoms with Crippen molar-refractivity contribution in [2.75, 3.05) is 18.9 Å². The van der Waals surface area contributed by atoms with Crippen molar-refractivity contribution in [1.82, 2.24) is 9.88 Å². The van der Waals surface area contributed by atoms with Gasteiger partial charge in [0, 0.05) is 47.3 Å². The Morgan fingerprint density at radius 3 is 2.84 bits per heavy atom. The summed E-state index contributed by atoms with van der Waals surface area (Å²) in [7, 11) is 2.23. The molecule has 0 radical (unpaired) electrons. The Labute approximate surface area is 146 Å². The number of likely N-dealkylation sites (tertiary alicyclic amines) is 1. The third-order valence-corrected chi connectivity index (χ3v) is 5.94. The second-order valence-corrected chi connectivity index (χ2v) is 7.49. The first-order valence-corrected chi connectivity index (χ1v) is 9.00. The Bertz CT molecular complexity index is 915. The van der Waals surface area contributed by atoms with E-state index in [-0.39, 0.29) is 5.82 Å². The molecule has 2 heterocycles. The van der Waals surface area contributed by atoms with Gasteiger partial charge in [-0.1, -0.05) is 12.1 Å². The zero-order valence-electron chi connectivity index (χ0n) is 14.3. The van der Waals surface area contributed by atoms with E-state index in [4.69, 9.17) is 0 Å². The molecule has 0 bridgehead atoms. The van der Waals surface area contributed by atoms with Crippen LogP contribution in [0.1, 0.15) is 23.5 Å². The second-order valence-electron chi connectivity index (χ2n) is 7.49. The lowest BCUT2D eigenvalue weighted by atomic mass is 9.74. The average molecular weight is 335 g/mol. The maximum atomic E-state index is 13.1. The molecule has 1 aliphatic heterocycles. The van der Waals surface area contributed by atoms with E-state index in [1.54, 1.807) is 0 Å². The Balaban J connectivity index is 1.47. The third-order valence-electron chi connectivity index (χ3n) is 5.94. The fraction of sp³-hybridized carbons (Fsp3) is 0.333. The van der Waals surface area contributed by atoms with Crippen LogP contribution in [0.5, 0.6) is 0 Å². The van der Waals surface area contributed by atoms with Gasteiger partial charge in [0.2, 0.25) is 0 Å². The van der Waals surface area contributed by atoms with Gasteiger partial charge in [-0.2, -0.15) is 0 Å². The third kappa shape index (κ3) is 2.44. The molecule has 4 heteroatoms. The van der Waals surface area contributed by atoms with Crippen LogP contribution in [0.3, 0.4) is 0 Å². The highest BCUT2D eigenvalue weighted by atomic mass is 19.1. The highest BCUT2D eigenvalue weighted by Crippen LogP contribution is 2.43. The van der Waals surface area contributed by atoms with E-state index >= 15 is 0 Å². The molecule has 5 rings (SSSR count). The molecular weight excluding hydrogens is 313 g/mol. The Kier molecular flexibility index (Phi) is 3.35. The Morgan fingerprint density at radius 1 is 1.16 bits per heavy atom. The lowest BCUT2D eigenvalue weighted by Crippen LogP contribution is -2.51. The van der Waals surface area contributed by atoms with E-state index < -0.39 is 0 Å². The predicted molar refractivity (Wildman–Crippen MR) is 99.6 cm³/mol. The molecule has 3 aromatic rings. The van der Waals surface area contributed by atoms with Gasteiger partial charge in [-0.25, -0.2) is 4.39 Å². The number of anilines is 1. The van der Waals surface area contributed by atoms with E-state index in [1.165, 1.54) is 34.2 Å². The number of hydrogen-bond acceptors (Lipinski definition) is 2. The van der Waals surface area contributed by atoms with E-state index in [2.05, 4.69) is 46.6 Å². The van der Waals surface area contributed by atoms with Gasteiger partial charge in [-0.05, 0) is 61.3 Å². The SMILES string of the molecule is CN1C[C@H](Nc2ccc(F)cc2)C[C@H]2c3cccc4[nH]cc(c34)C[C@H]21. The number of benzene rings is 2. The summed E-state index contributed by atoms with van der Waals surface area (Å²) in [6.45, 7) is 1.01. The number of likely N-dealkylation sites (N-methyl/N-ethyl adjacent to an activating group) is 1. The minimum absolute atomic E-state index is 0.190. The number of piperidine rings is 1. The Hall–Kier alpha value is -2.33. The molecule has 0 unspecified atom stereocenters. The van der Waals surface area contributed by atoms with Gasteiger partial charge in [0.25, 0.3) is 0 Å². The molecule has 3 atom stereocenters. The fourth-order valence-electron chi connectivity index (χ4n) is 4.83. The van der Waals surface area contributed by atoms with Crippen molar-refractivity contribution in [2.45, 2.75) is 30.8 Å². The molecule has 25 heavy (non-hydrogen) atoms. The van der Waals surface area contributed by atoms with Gasteiger partial charge in [-0.15, -0.1) is 0 Å². The molecule has 128 valence electrons. The van der Waals surface area contributed by atoms with Crippen LogP contribution in [0.15, 0.2) is 48.7 Å². The quantitative estimate of drug-likeness (QED) is 0.738. The normalized spacial score (nSPS) is 25.8. The van der Waals surface area contributed by atoms with Crippen LogP contribution in [-0.4, -0.2) is 35.6 Å². The molecular formula is C21H22FN3. The molecule has 2 aromatic carbocycles. The Morgan fingerprint density at radius 2 is 2.00 bits per heavy atom. The van der Waals surface area contributed by atoms with Gasteiger partial charge >= 0.3 is 0 Å². The van der Waals surface area contributed by atoms with Gasteiger partial charge in [-0.3, -0.25) is 0 Å². The van der Waals surface area contributed by atoms with Crippen molar-refractivity contribution in [3.63, 3.8) is 0 Å². The molecule has 1 saturated heterocycles. The van der Waals surface area contributed by atoms with Crippen LogP contribution >= 0.6 is 0 Å². The smallest absolute Gasteiger partial charge is 0.123 e. The first kappa shape index (κ1) is 15.0. The minimum Gasteiger partial charge on any atom is -0.381 e. The lowest BCUT2D eigenvalue weighted by Gasteiger charge is -2.46. The maximum Gasteiger partial charge on any atom is 0.123 e. The molecule has 2 N–H and O–H groups in total. The zero-order valence-corrected chi connectivity index (χ0v) is 14.3. The number of hydrogen-bond donors (Lipinski definition) is 2. The van der Waals surface area contributed by atoms with Crippen LogP contribution in [0.2, 0.25) is 0 Å². The standard InChI is InChI=1S/C21H22FN3/c1-25-12-16(24-15-7-5-14(22)6-8-15)10-18-17-3-2-4-19-21(17)13(11-23-19)9-20(18)25/h2-8,11,16,18,20,23-24H,9-10,12H2,1H3/t16-,18+,20-/m1/s1. The summed E-state index contributed by atoms with van der Waals surface area (Å²) in [6, 6.07) is 14.2. The lowest BCUT2D eigenvalue weighted by molar-refractivity contribution is 0.147. The van der Waals surface area contributed by atoms with Crippen LogP contribution in [0.4, 0.5) is 10.1 Å². The number of H-pyrrole nitrogens is 1. The monoisotopic (exact) mass is 335 g/mol. The van der Waals surface area contributed by atoms with E-state index in [1.807, 2.05) is 12.1 Å². The summed E-state index contributed by atoms with van der Waals surface area (Å²) >= 11 is 0. The number of nitrogens with zero attached hydrogens (tertiary/aromatic N) is 1. The topological polar surface area (TPSA) is 31.1 Å². The second kappa shape index (κ2) is 5.60. The molecule has 0 amide bonds. The van der Waals surface area contributed by atoms with E-state index in [0.29, 0.717) is 18.0 Å². The van der Waals surface area contributed by atoms with Crippen LogP contribution < -0.4 is 5.32 Å². The van der Waals surface area contributed by atoms with Crippen molar-refractivity contribution in [3.05, 3.63) is 65.6 Å². The first-order valence-electron chi connectivity index (χ1n) is 9.00. The summed E-state index contributed by atoms with van der Waals surface area (Å²) in [5.41, 5.74) is 5.17. The van der Waals surface area contributed by atoms with E-state index in [0.717, 1.165) is 25.1 Å². The van der Waals surface area contributed by atoms with Crippen molar-refractivity contribution in [3.8, 4) is 0 Å². The maximum absolute atomic E-state index is 13.1. The predicted octanol–water partition coefficient (Wildman–Crippen LogP) is 4.13. The summed E-state index contributed by atoms with van der Waals surface area (Å²) < 4.78 is 13.1. The molecule has 1 aliphatic carbocycles. The minimum atomic E-state index is -0.190. The highest BCUT2D eigenvalue weighted by molar-refractivity contribution is 5.88. The summed E-state index contributed by atoms with van der Waals surface area (Å²) in [6.07, 6.45) is 4.40. The molecule has 0 saturated carbocycles. The van der Waals surface area contributed by atoms with Gasteiger partial charge in [0.05, 0.1) is 0 Å². The van der Waals surface area contributed by atoms with Gasteiger partial charge in [0.1, 0.15) is 5.82 Å². The number of fused-ring (bicyclic) bond motifs is 2. The summed E-state index contributed by atoms with van der Waals surface area (Å²) in [5, 5.41) is 5.04. The number of aromatic nitrogens is 1. The van der Waals surface area contributed by atoms with Crippen LogP contribution in [0, 0.1) is 5.82 Å². The molecule has 0 spiro atoms. The van der Waals surface area contributed by atoms with Gasteiger partial charge in [0.15, 0.2) is 0 Å². The molecule has 2 aliphatic rings. The zero-order chi connectivity index (χ0) is 17.0. The van der Waals surface area contributed by atoms with Gasteiger partial charge < -0.3 is 15.2 Å². The summed E-state index contributed by atoms with van der Waals surface area (Å²) in [5.74, 6) is 0.342. The van der Waals surface area contributed by atoms with E-state index in [9.17, 15) is 4.39 Å². The number of aromatic amines is 1. The van der Waals surface area contributed by atoms with Crippen molar-refractivity contribution >= 4 is 16.6 Å². The van der Waals surface area contributed by atoms with Crippen molar-refractivity contribution in [1.29, 1.82) is 0 Å². The number of nitrogens with one attached hydrogen (secondary N) is 2. The number of halogens is 1. The molecule has 3 nitrogen and oxygen atoms in total. The highest BCUT2D eigenvalue weighted by Gasteiger charge is 2.39. The van der Waals surface area contributed by atoms with Crippen molar-refractivity contribution < 1.29 is 4.39 Å². The fourth-order valence-corrected chi connectivity index (χ4v) is 4.83. The van der Waals surface area contributed by atoms with Crippen LogP contribution in [-0.2, 0) is 6.42 Å². The van der Waals surface area contributed by atoms with Crippen molar-refractivity contribution in [2.24, 2.45) is 0 Å². The molecule has 1 fully saturated rings. The number of rotatable bonds is 2. The average Bonchev–Trinajstić information content (AvgIpc) is 3.03. The first-order chi connectivity index (χ1) is 12.2. The largest absolute Gasteiger partial charge is 0.381 e. The van der Waals surface area contributed by atoms with Crippen LogP contribution in [0.25, 0.3) is 10.9 Å².